The first-order valence-corrected chi connectivity index (χ1v) is 18.9. The molecule has 0 N–H and O–H groups in total. The standard InChI is InChI=1S/C49H32N2OS/c1-49(2)39-19-8-6-14-34(39)35-27-26-32(28-40(35)49)48-50-44-36-15-7-9-21-42(36)53-47(44)45(51-48)37-17-11-20-41-43(37)38-18-10-16-33(46(38)52-41)31-24-22-30(23-25-31)29-12-4-3-5-13-29/h3-28H,1-2H3. The van der Waals surface area contributed by atoms with E-state index in [1.165, 1.54) is 38.1 Å². The molecule has 0 spiro atoms. The molecule has 4 heteroatoms. The molecule has 0 radical (unpaired) electrons. The summed E-state index contributed by atoms with van der Waals surface area (Å²) in [5.41, 5.74) is 15.4. The number of fused-ring (bicyclic) bond motifs is 9. The average Bonchev–Trinajstić information content (AvgIpc) is 3.86. The van der Waals surface area contributed by atoms with Gasteiger partial charge < -0.3 is 4.42 Å². The highest BCUT2D eigenvalue weighted by Gasteiger charge is 2.35. The molecule has 0 aliphatic heterocycles. The van der Waals surface area contributed by atoms with E-state index in [0.717, 1.165) is 71.3 Å². The lowest BCUT2D eigenvalue weighted by molar-refractivity contribution is 0.660. The SMILES string of the molecule is CC1(C)c2ccccc2-c2ccc(-c3nc(-c4cccc5oc6c(-c7ccc(-c8ccccc8)cc7)cccc6c45)c4sc5ccccc5c4n3)cc21. The molecule has 0 saturated carbocycles. The van der Waals surface area contributed by atoms with E-state index in [1.807, 2.05) is 0 Å². The minimum Gasteiger partial charge on any atom is -0.455 e. The van der Waals surface area contributed by atoms with Crippen LogP contribution in [0.25, 0.3) is 98.3 Å². The summed E-state index contributed by atoms with van der Waals surface area (Å²) >= 11 is 1.76. The molecular weight excluding hydrogens is 665 g/mol. The molecule has 10 aromatic rings. The molecule has 3 heterocycles. The number of thiophene rings is 1. The van der Waals surface area contributed by atoms with Gasteiger partial charge in [0.15, 0.2) is 5.82 Å². The van der Waals surface area contributed by atoms with E-state index >= 15 is 0 Å². The van der Waals surface area contributed by atoms with Crippen LogP contribution < -0.4 is 0 Å². The van der Waals surface area contributed by atoms with Crippen LogP contribution in [0.4, 0.5) is 0 Å². The van der Waals surface area contributed by atoms with Crippen molar-refractivity contribution in [2.45, 2.75) is 19.3 Å². The molecular formula is C49H32N2OS. The highest BCUT2D eigenvalue weighted by molar-refractivity contribution is 7.26. The number of hydrogen-bond donors (Lipinski definition) is 0. The minimum atomic E-state index is -0.120. The fourth-order valence-electron chi connectivity index (χ4n) is 8.49. The Morgan fingerprint density at radius 3 is 2.06 bits per heavy atom. The summed E-state index contributed by atoms with van der Waals surface area (Å²) < 4.78 is 9.05. The van der Waals surface area contributed by atoms with Gasteiger partial charge in [0.2, 0.25) is 0 Å². The van der Waals surface area contributed by atoms with Crippen LogP contribution in [0.15, 0.2) is 162 Å². The van der Waals surface area contributed by atoms with E-state index < -0.39 is 0 Å². The summed E-state index contributed by atoms with van der Waals surface area (Å²) in [5.74, 6) is 0.731. The molecule has 11 rings (SSSR count). The molecule has 1 aliphatic rings. The molecule has 0 saturated heterocycles. The average molecular weight is 697 g/mol. The molecule has 0 fully saturated rings. The van der Waals surface area contributed by atoms with Crippen LogP contribution in [0.1, 0.15) is 25.0 Å². The third-order valence-electron chi connectivity index (χ3n) is 11.1. The zero-order valence-corrected chi connectivity index (χ0v) is 30.0. The topological polar surface area (TPSA) is 38.9 Å². The summed E-state index contributed by atoms with van der Waals surface area (Å²) in [5, 5.41) is 3.29. The molecule has 0 amide bonds. The Labute approximate surface area is 310 Å². The Kier molecular flexibility index (Phi) is 6.47. The largest absolute Gasteiger partial charge is 0.455 e. The predicted molar refractivity (Wildman–Crippen MR) is 222 cm³/mol. The van der Waals surface area contributed by atoms with Crippen molar-refractivity contribution in [1.29, 1.82) is 0 Å². The molecule has 3 nitrogen and oxygen atoms in total. The lowest BCUT2D eigenvalue weighted by Gasteiger charge is -2.21. The summed E-state index contributed by atoms with van der Waals surface area (Å²) in [6, 6.07) is 56.2. The fourth-order valence-corrected chi connectivity index (χ4v) is 9.64. The van der Waals surface area contributed by atoms with Crippen molar-refractivity contribution in [3.8, 4) is 56.0 Å². The second kappa shape index (κ2) is 11.3. The minimum absolute atomic E-state index is 0.120. The van der Waals surface area contributed by atoms with Crippen molar-refractivity contribution in [1.82, 2.24) is 9.97 Å². The van der Waals surface area contributed by atoms with Gasteiger partial charge in [0.05, 0.1) is 15.9 Å². The van der Waals surface area contributed by atoms with Gasteiger partial charge in [0.25, 0.3) is 0 Å². The first-order chi connectivity index (χ1) is 26.0. The lowest BCUT2D eigenvalue weighted by atomic mass is 9.82. The number of benzene rings is 7. The molecule has 250 valence electrons. The van der Waals surface area contributed by atoms with E-state index in [2.05, 4.69) is 172 Å². The Balaban J connectivity index is 1.12. The van der Waals surface area contributed by atoms with Crippen LogP contribution in [0.3, 0.4) is 0 Å². The Morgan fingerprint density at radius 2 is 1.17 bits per heavy atom. The van der Waals surface area contributed by atoms with E-state index in [9.17, 15) is 0 Å². The van der Waals surface area contributed by atoms with Crippen LogP contribution in [-0.2, 0) is 5.41 Å². The Hall–Kier alpha value is -6.36. The molecule has 0 atom stereocenters. The first-order valence-electron chi connectivity index (χ1n) is 18.1. The van der Waals surface area contributed by atoms with Gasteiger partial charge in [-0.25, -0.2) is 9.97 Å². The number of nitrogens with zero attached hydrogens (tertiary/aromatic N) is 2. The maximum absolute atomic E-state index is 6.76. The van der Waals surface area contributed by atoms with Crippen LogP contribution in [0.5, 0.6) is 0 Å². The van der Waals surface area contributed by atoms with Crippen molar-refractivity contribution in [2.24, 2.45) is 0 Å². The maximum atomic E-state index is 6.76. The van der Waals surface area contributed by atoms with Crippen molar-refractivity contribution in [3.63, 3.8) is 0 Å². The number of rotatable bonds is 4. The fraction of sp³-hybridized carbons (Fsp3) is 0.0612. The van der Waals surface area contributed by atoms with Gasteiger partial charge in [0, 0.05) is 43.0 Å². The van der Waals surface area contributed by atoms with Gasteiger partial charge in [-0.1, -0.05) is 153 Å². The number of hydrogen-bond acceptors (Lipinski definition) is 4. The second-order valence-corrected chi connectivity index (χ2v) is 15.6. The molecule has 3 aromatic heterocycles. The van der Waals surface area contributed by atoms with Gasteiger partial charge in [-0.3, -0.25) is 0 Å². The molecule has 0 bridgehead atoms. The van der Waals surface area contributed by atoms with Crippen molar-refractivity contribution in [3.05, 3.63) is 169 Å². The van der Waals surface area contributed by atoms with Crippen LogP contribution in [-0.4, -0.2) is 9.97 Å². The van der Waals surface area contributed by atoms with Gasteiger partial charge in [-0.2, -0.15) is 0 Å². The van der Waals surface area contributed by atoms with Crippen molar-refractivity contribution in [2.75, 3.05) is 0 Å². The predicted octanol–water partition coefficient (Wildman–Crippen LogP) is 13.7. The zero-order chi connectivity index (χ0) is 35.3. The van der Waals surface area contributed by atoms with E-state index in [-0.39, 0.29) is 5.41 Å². The summed E-state index contributed by atoms with van der Waals surface area (Å²) in [6.45, 7) is 4.64. The maximum Gasteiger partial charge on any atom is 0.160 e. The monoisotopic (exact) mass is 696 g/mol. The van der Waals surface area contributed by atoms with Gasteiger partial charge in [-0.15, -0.1) is 11.3 Å². The third kappa shape index (κ3) is 4.52. The molecule has 0 unspecified atom stereocenters. The number of furan rings is 1. The van der Waals surface area contributed by atoms with Crippen LogP contribution in [0, 0.1) is 0 Å². The first kappa shape index (κ1) is 30.3. The summed E-state index contributed by atoms with van der Waals surface area (Å²) in [4.78, 5) is 10.8. The lowest BCUT2D eigenvalue weighted by Crippen LogP contribution is -2.15. The van der Waals surface area contributed by atoms with E-state index in [4.69, 9.17) is 14.4 Å². The van der Waals surface area contributed by atoms with Gasteiger partial charge >= 0.3 is 0 Å². The second-order valence-electron chi connectivity index (χ2n) is 14.5. The number of para-hydroxylation sites is 1. The molecule has 53 heavy (non-hydrogen) atoms. The smallest absolute Gasteiger partial charge is 0.160 e. The quantitative estimate of drug-likeness (QED) is 0.184. The zero-order valence-electron chi connectivity index (χ0n) is 29.2. The molecule has 1 aliphatic carbocycles. The summed E-state index contributed by atoms with van der Waals surface area (Å²) in [7, 11) is 0. The Morgan fingerprint density at radius 1 is 0.509 bits per heavy atom. The van der Waals surface area contributed by atoms with Gasteiger partial charge in [0.1, 0.15) is 11.2 Å². The highest BCUT2D eigenvalue weighted by atomic mass is 32.1. The normalized spacial score (nSPS) is 13.2. The highest BCUT2D eigenvalue weighted by Crippen LogP contribution is 2.50. The molecule has 7 aromatic carbocycles. The summed E-state index contributed by atoms with van der Waals surface area (Å²) in [6.07, 6.45) is 0. The van der Waals surface area contributed by atoms with Gasteiger partial charge in [-0.05, 0) is 57.1 Å². The van der Waals surface area contributed by atoms with Crippen molar-refractivity contribution >= 4 is 53.6 Å². The third-order valence-corrected chi connectivity index (χ3v) is 12.3. The Bertz CT molecular complexity index is 3080. The number of aromatic nitrogens is 2. The van der Waals surface area contributed by atoms with Crippen LogP contribution >= 0.6 is 11.3 Å². The van der Waals surface area contributed by atoms with Crippen molar-refractivity contribution < 1.29 is 4.42 Å². The van der Waals surface area contributed by atoms with E-state index in [1.54, 1.807) is 11.3 Å². The van der Waals surface area contributed by atoms with Crippen LogP contribution in [0.2, 0.25) is 0 Å². The van der Waals surface area contributed by atoms with E-state index in [0.29, 0.717) is 0 Å².